The van der Waals surface area contributed by atoms with Gasteiger partial charge in [0.05, 0.1) is 17.6 Å². The van der Waals surface area contributed by atoms with E-state index >= 15 is 0 Å². The molecule has 0 aliphatic carbocycles. The minimum atomic E-state index is -3.68. The van der Waals surface area contributed by atoms with Crippen molar-refractivity contribution in [3.05, 3.63) is 59.7 Å². The predicted octanol–water partition coefficient (Wildman–Crippen LogP) is 3.22. The number of piperidine rings is 1. The molecule has 0 atom stereocenters. The van der Waals surface area contributed by atoms with E-state index in [4.69, 9.17) is 4.74 Å². The Morgan fingerprint density at radius 3 is 2.30 bits per heavy atom. The van der Waals surface area contributed by atoms with Gasteiger partial charge in [-0.25, -0.2) is 8.42 Å². The zero-order valence-corrected chi connectivity index (χ0v) is 20.1. The van der Waals surface area contributed by atoms with E-state index in [1.54, 1.807) is 36.3 Å². The number of hydrogen-bond acceptors (Lipinski definition) is 5. The van der Waals surface area contributed by atoms with Gasteiger partial charge in [-0.3, -0.25) is 9.69 Å². The molecule has 0 radical (unpaired) electrons. The van der Waals surface area contributed by atoms with Crippen LogP contribution < -0.4 is 4.74 Å². The van der Waals surface area contributed by atoms with Gasteiger partial charge < -0.3 is 9.64 Å². The number of nitrogens with zero attached hydrogens (tertiary/aromatic N) is 3. The first-order valence-corrected chi connectivity index (χ1v) is 13.2. The lowest BCUT2D eigenvalue weighted by molar-refractivity contribution is 0.0757. The number of benzene rings is 2. The second kappa shape index (κ2) is 10.7. The normalized spacial score (nSPS) is 18.6. The van der Waals surface area contributed by atoms with Crippen LogP contribution >= 0.6 is 0 Å². The second-order valence-corrected chi connectivity index (χ2v) is 10.6. The molecule has 1 amide bonds. The van der Waals surface area contributed by atoms with Gasteiger partial charge in [-0.05, 0) is 49.1 Å². The Hall–Kier alpha value is -2.42. The molecule has 0 N–H and O–H groups in total. The molecule has 0 aromatic heterocycles. The maximum absolute atomic E-state index is 13.4. The smallest absolute Gasteiger partial charge is 0.255 e. The van der Waals surface area contributed by atoms with Crippen LogP contribution in [0.5, 0.6) is 5.75 Å². The summed E-state index contributed by atoms with van der Waals surface area (Å²) in [6, 6.07) is 14.7. The molecule has 2 heterocycles. The van der Waals surface area contributed by atoms with E-state index in [-0.39, 0.29) is 16.4 Å². The largest absolute Gasteiger partial charge is 0.497 e. The number of rotatable bonds is 6. The maximum atomic E-state index is 13.4. The third-order valence-electron chi connectivity index (χ3n) is 6.49. The van der Waals surface area contributed by atoms with Crippen molar-refractivity contribution in [3.63, 3.8) is 0 Å². The number of methoxy groups -OCH3 is 1. The fourth-order valence-electron chi connectivity index (χ4n) is 4.60. The zero-order valence-electron chi connectivity index (χ0n) is 19.3. The van der Waals surface area contributed by atoms with Crippen LogP contribution in [0.3, 0.4) is 0 Å². The van der Waals surface area contributed by atoms with Crippen molar-refractivity contribution in [1.82, 2.24) is 14.1 Å². The first-order chi connectivity index (χ1) is 16.0. The van der Waals surface area contributed by atoms with Crippen molar-refractivity contribution in [1.29, 1.82) is 0 Å². The van der Waals surface area contributed by atoms with Crippen LogP contribution in [0.4, 0.5) is 0 Å². The summed E-state index contributed by atoms with van der Waals surface area (Å²) in [4.78, 5) is 17.7. The Balaban J connectivity index is 1.45. The third-order valence-corrected chi connectivity index (χ3v) is 8.45. The summed E-state index contributed by atoms with van der Waals surface area (Å²) >= 11 is 0. The maximum Gasteiger partial charge on any atom is 0.255 e. The zero-order chi connectivity index (χ0) is 23.3. The SMILES string of the molecule is COc1ccc(CN2CCCN(C(=O)c3ccccc3S(=O)(=O)N3CCCCC3)CC2)cc1. The van der Waals surface area contributed by atoms with Crippen molar-refractivity contribution < 1.29 is 17.9 Å². The Kier molecular flexibility index (Phi) is 7.67. The van der Waals surface area contributed by atoms with Gasteiger partial charge in [0, 0.05) is 45.8 Å². The van der Waals surface area contributed by atoms with E-state index in [2.05, 4.69) is 17.0 Å². The molecule has 2 aromatic carbocycles. The number of ether oxygens (including phenoxy) is 1. The number of amides is 1. The molecular formula is C25H33N3O4S. The number of sulfonamides is 1. The minimum Gasteiger partial charge on any atom is -0.497 e. The van der Waals surface area contributed by atoms with Crippen molar-refractivity contribution in [3.8, 4) is 5.75 Å². The Morgan fingerprint density at radius 2 is 1.58 bits per heavy atom. The molecular weight excluding hydrogens is 438 g/mol. The van der Waals surface area contributed by atoms with Gasteiger partial charge in [0.2, 0.25) is 10.0 Å². The molecule has 7 nitrogen and oxygen atoms in total. The molecule has 2 aliphatic rings. The molecule has 2 aromatic rings. The van der Waals surface area contributed by atoms with Crippen LogP contribution in [-0.4, -0.2) is 74.8 Å². The number of hydrogen-bond donors (Lipinski definition) is 0. The van der Waals surface area contributed by atoms with Crippen molar-refractivity contribution in [2.45, 2.75) is 37.1 Å². The van der Waals surface area contributed by atoms with Crippen LogP contribution in [0.2, 0.25) is 0 Å². The van der Waals surface area contributed by atoms with Crippen LogP contribution in [0, 0.1) is 0 Å². The topological polar surface area (TPSA) is 70.2 Å². The minimum absolute atomic E-state index is 0.135. The first-order valence-electron chi connectivity index (χ1n) is 11.7. The lowest BCUT2D eigenvalue weighted by atomic mass is 10.2. The highest BCUT2D eigenvalue weighted by Gasteiger charge is 2.31. The van der Waals surface area contributed by atoms with Gasteiger partial charge >= 0.3 is 0 Å². The van der Waals surface area contributed by atoms with Crippen LogP contribution in [0.1, 0.15) is 41.6 Å². The molecule has 33 heavy (non-hydrogen) atoms. The third kappa shape index (κ3) is 5.57. The van der Waals surface area contributed by atoms with Crippen molar-refractivity contribution in [2.24, 2.45) is 0 Å². The Morgan fingerprint density at radius 1 is 0.848 bits per heavy atom. The summed E-state index contributed by atoms with van der Waals surface area (Å²) < 4.78 is 33.4. The van der Waals surface area contributed by atoms with E-state index in [1.165, 1.54) is 9.87 Å². The summed E-state index contributed by atoms with van der Waals surface area (Å²) in [5, 5.41) is 0. The Labute approximate surface area is 197 Å². The van der Waals surface area contributed by atoms with E-state index in [1.807, 2.05) is 12.1 Å². The molecule has 2 saturated heterocycles. The fourth-order valence-corrected chi connectivity index (χ4v) is 6.31. The molecule has 0 bridgehead atoms. The highest BCUT2D eigenvalue weighted by Crippen LogP contribution is 2.25. The molecule has 2 fully saturated rings. The first kappa shape index (κ1) is 23.7. The lowest BCUT2D eigenvalue weighted by Gasteiger charge is -2.28. The summed E-state index contributed by atoms with van der Waals surface area (Å²) in [5.41, 5.74) is 1.49. The average Bonchev–Trinajstić information content (AvgIpc) is 3.10. The van der Waals surface area contributed by atoms with Gasteiger partial charge in [-0.15, -0.1) is 0 Å². The molecule has 0 spiro atoms. The number of carbonyl (C=O) groups is 1. The quantitative estimate of drug-likeness (QED) is 0.647. The van der Waals surface area contributed by atoms with Gasteiger partial charge in [0.1, 0.15) is 5.75 Å². The van der Waals surface area contributed by atoms with E-state index in [0.717, 1.165) is 51.1 Å². The highest BCUT2D eigenvalue weighted by molar-refractivity contribution is 7.89. The highest BCUT2D eigenvalue weighted by atomic mass is 32.2. The molecule has 178 valence electrons. The van der Waals surface area contributed by atoms with Gasteiger partial charge in [0.15, 0.2) is 0 Å². The molecule has 0 saturated carbocycles. The van der Waals surface area contributed by atoms with Crippen molar-refractivity contribution >= 4 is 15.9 Å². The molecule has 8 heteroatoms. The fraction of sp³-hybridized carbons (Fsp3) is 0.480. The van der Waals surface area contributed by atoms with Gasteiger partial charge in [-0.1, -0.05) is 30.7 Å². The summed E-state index contributed by atoms with van der Waals surface area (Å²) in [6.07, 6.45) is 3.63. The average molecular weight is 472 g/mol. The van der Waals surface area contributed by atoms with E-state index in [9.17, 15) is 13.2 Å². The lowest BCUT2D eigenvalue weighted by Crippen LogP contribution is -2.38. The summed E-state index contributed by atoms with van der Waals surface area (Å²) in [6.45, 7) is 4.70. The predicted molar refractivity (Wildman–Crippen MR) is 128 cm³/mol. The molecule has 4 rings (SSSR count). The van der Waals surface area contributed by atoms with Gasteiger partial charge in [0.25, 0.3) is 5.91 Å². The van der Waals surface area contributed by atoms with Crippen molar-refractivity contribution in [2.75, 3.05) is 46.4 Å². The summed E-state index contributed by atoms with van der Waals surface area (Å²) in [7, 11) is -2.02. The van der Waals surface area contributed by atoms with Gasteiger partial charge in [-0.2, -0.15) is 4.31 Å². The van der Waals surface area contributed by atoms with E-state index < -0.39 is 10.0 Å². The van der Waals surface area contributed by atoms with Crippen LogP contribution in [0.15, 0.2) is 53.4 Å². The summed E-state index contributed by atoms with van der Waals surface area (Å²) in [5.74, 6) is 0.641. The van der Waals surface area contributed by atoms with Crippen LogP contribution in [0.25, 0.3) is 0 Å². The Bertz CT molecular complexity index is 1050. The van der Waals surface area contributed by atoms with E-state index in [0.29, 0.717) is 26.2 Å². The van der Waals surface area contributed by atoms with Crippen LogP contribution in [-0.2, 0) is 16.6 Å². The molecule has 0 unspecified atom stereocenters. The second-order valence-electron chi connectivity index (χ2n) is 8.73. The molecule has 2 aliphatic heterocycles. The number of carbonyl (C=O) groups excluding carboxylic acids is 1. The standard InChI is InChI=1S/C25H33N3O4S/c1-32-22-12-10-21(11-13-22)20-26-14-7-15-27(19-18-26)25(29)23-8-3-4-9-24(23)33(30,31)28-16-5-2-6-17-28/h3-4,8-13H,2,5-7,14-20H2,1H3. The monoisotopic (exact) mass is 471 g/mol.